The molecular weight excluding hydrogens is 560 g/mol. The number of rotatable bonds is 14. The first-order valence-electron chi connectivity index (χ1n) is 14.4. The molecule has 0 bridgehead atoms. The van der Waals surface area contributed by atoms with E-state index in [1.807, 2.05) is 56.4 Å². The summed E-state index contributed by atoms with van der Waals surface area (Å²) in [4.78, 5) is 44.3. The lowest BCUT2D eigenvalue weighted by atomic mass is 10.1. The third-order valence-corrected chi connectivity index (χ3v) is 7.25. The van der Waals surface area contributed by atoms with Crippen LogP contribution in [0.25, 0.3) is 17.0 Å². The predicted molar refractivity (Wildman–Crippen MR) is 171 cm³/mol. The number of carbonyl (C=O) groups excluding carboxylic acids is 2. The largest absolute Gasteiger partial charge is 0.493 e. The number of carbonyl (C=O) groups is 2. The second-order valence-electron chi connectivity index (χ2n) is 10.9. The number of hydrogen-bond donors (Lipinski definition) is 1. The summed E-state index contributed by atoms with van der Waals surface area (Å²) in [5.41, 5.74) is 3.63. The van der Waals surface area contributed by atoms with Crippen molar-refractivity contribution in [2.75, 3.05) is 33.9 Å². The molecular formula is C34H38N4O6. The highest BCUT2D eigenvalue weighted by atomic mass is 16.6. The number of methoxy groups -OCH3 is 2. The quantitative estimate of drug-likeness (QED) is 0.110. The molecule has 0 saturated carbocycles. The van der Waals surface area contributed by atoms with Gasteiger partial charge in [-0.15, -0.1) is 0 Å². The van der Waals surface area contributed by atoms with Crippen molar-refractivity contribution >= 4 is 34.5 Å². The van der Waals surface area contributed by atoms with E-state index in [1.165, 1.54) is 18.2 Å². The molecule has 0 spiro atoms. The first-order chi connectivity index (χ1) is 21.2. The summed E-state index contributed by atoms with van der Waals surface area (Å²) in [6, 6.07) is 19.5. The van der Waals surface area contributed by atoms with Gasteiger partial charge in [-0.2, -0.15) is 0 Å². The summed E-state index contributed by atoms with van der Waals surface area (Å²) < 4.78 is 10.9. The molecule has 10 nitrogen and oxygen atoms in total. The van der Waals surface area contributed by atoms with E-state index in [4.69, 9.17) is 9.47 Å². The Bertz CT molecular complexity index is 1630. The molecule has 1 N–H and O–H groups in total. The number of aromatic nitrogens is 1. The minimum Gasteiger partial charge on any atom is -0.493 e. The molecule has 0 radical (unpaired) electrons. The van der Waals surface area contributed by atoms with Gasteiger partial charge in [0.1, 0.15) is 6.54 Å². The van der Waals surface area contributed by atoms with Crippen molar-refractivity contribution in [3.8, 4) is 11.5 Å². The fourth-order valence-corrected chi connectivity index (χ4v) is 5.00. The average molecular weight is 599 g/mol. The van der Waals surface area contributed by atoms with Gasteiger partial charge in [-0.05, 0) is 65.4 Å². The van der Waals surface area contributed by atoms with Gasteiger partial charge in [-0.3, -0.25) is 19.7 Å². The number of non-ortho nitro benzene ring substituents is 1. The van der Waals surface area contributed by atoms with E-state index in [9.17, 15) is 19.7 Å². The van der Waals surface area contributed by atoms with Gasteiger partial charge in [-0.1, -0.05) is 38.1 Å². The number of hydrogen-bond acceptors (Lipinski definition) is 6. The van der Waals surface area contributed by atoms with E-state index in [-0.39, 0.29) is 30.0 Å². The number of nitrogens with zero attached hydrogens (tertiary/aromatic N) is 3. The average Bonchev–Trinajstić information content (AvgIpc) is 3.44. The minimum atomic E-state index is -0.471. The first-order valence-corrected chi connectivity index (χ1v) is 14.4. The summed E-state index contributed by atoms with van der Waals surface area (Å²) in [6.07, 6.45) is 5.60. The topological polar surface area (TPSA) is 118 Å². The number of benzene rings is 3. The molecule has 0 saturated heterocycles. The van der Waals surface area contributed by atoms with E-state index in [0.29, 0.717) is 43.1 Å². The lowest BCUT2D eigenvalue weighted by Crippen LogP contribution is -2.44. The van der Waals surface area contributed by atoms with Crippen LogP contribution in [0.4, 0.5) is 5.69 Å². The van der Waals surface area contributed by atoms with Crippen molar-refractivity contribution in [2.24, 2.45) is 5.92 Å². The maximum Gasteiger partial charge on any atom is 0.269 e. The van der Waals surface area contributed by atoms with Crippen molar-refractivity contribution in [1.29, 1.82) is 0 Å². The number of aromatic amines is 1. The molecule has 2 amide bonds. The van der Waals surface area contributed by atoms with Crippen LogP contribution in [0.3, 0.4) is 0 Å². The highest BCUT2D eigenvalue weighted by molar-refractivity contribution is 5.94. The summed E-state index contributed by atoms with van der Waals surface area (Å²) in [5.74, 6) is 0.805. The second kappa shape index (κ2) is 14.9. The van der Waals surface area contributed by atoms with Gasteiger partial charge < -0.3 is 24.3 Å². The van der Waals surface area contributed by atoms with Crippen LogP contribution in [0.15, 0.2) is 79.0 Å². The Morgan fingerprint density at radius 3 is 2.39 bits per heavy atom. The molecule has 0 fully saturated rings. The predicted octanol–water partition coefficient (Wildman–Crippen LogP) is 5.86. The van der Waals surface area contributed by atoms with Gasteiger partial charge in [0.05, 0.1) is 19.1 Å². The second-order valence-corrected chi connectivity index (χ2v) is 10.9. The number of nitrogens with one attached hydrogen (secondary N) is 1. The van der Waals surface area contributed by atoms with Crippen molar-refractivity contribution < 1.29 is 24.0 Å². The zero-order valence-electron chi connectivity index (χ0n) is 25.5. The SMILES string of the molecule is COc1ccc(CN(CCc2c[nH]c3ccccc23)C(=O)CN(CC(C)C)C(=O)C=Cc2ccc([N+](=O)[O-])cc2)cc1OC. The van der Waals surface area contributed by atoms with Gasteiger partial charge in [0.2, 0.25) is 11.8 Å². The lowest BCUT2D eigenvalue weighted by molar-refractivity contribution is -0.384. The van der Waals surface area contributed by atoms with Crippen LogP contribution in [0.1, 0.15) is 30.5 Å². The standard InChI is InChI=1S/C34H38N4O6/c1-24(2)21-37(33(39)16-12-25-9-13-28(14-10-25)38(41)42)23-34(40)36(22-26-11-15-31(43-3)32(19-26)44-4)18-17-27-20-35-30-8-6-5-7-29(27)30/h5-16,19-20,24,35H,17-18,21-23H2,1-4H3. The van der Waals surface area contributed by atoms with Gasteiger partial charge in [0, 0.05) is 54.9 Å². The zero-order chi connectivity index (χ0) is 31.6. The number of nitro benzene ring substituents is 1. The fourth-order valence-electron chi connectivity index (χ4n) is 5.00. The lowest BCUT2D eigenvalue weighted by Gasteiger charge is -2.28. The molecule has 0 unspecified atom stereocenters. The molecule has 4 rings (SSSR count). The Hall–Kier alpha value is -5.12. The van der Waals surface area contributed by atoms with Crippen LogP contribution in [-0.4, -0.2) is 65.4 Å². The van der Waals surface area contributed by atoms with Crippen molar-refractivity contribution in [3.63, 3.8) is 0 Å². The number of para-hydroxylation sites is 1. The van der Waals surface area contributed by atoms with E-state index >= 15 is 0 Å². The maximum absolute atomic E-state index is 13.9. The summed E-state index contributed by atoms with van der Waals surface area (Å²) >= 11 is 0. The number of H-pyrrole nitrogens is 1. The zero-order valence-corrected chi connectivity index (χ0v) is 25.5. The molecule has 0 aliphatic rings. The van der Waals surface area contributed by atoms with Crippen LogP contribution in [0.5, 0.6) is 11.5 Å². The Kier molecular flexibility index (Phi) is 10.7. The first kappa shape index (κ1) is 31.8. The van der Waals surface area contributed by atoms with Crippen molar-refractivity contribution in [3.05, 3.63) is 106 Å². The Labute approximate surface area is 257 Å². The Morgan fingerprint density at radius 1 is 0.977 bits per heavy atom. The van der Waals surface area contributed by atoms with Crippen LogP contribution in [-0.2, 0) is 22.6 Å². The van der Waals surface area contributed by atoms with Crippen molar-refractivity contribution in [2.45, 2.75) is 26.8 Å². The molecule has 0 aliphatic carbocycles. The van der Waals surface area contributed by atoms with Gasteiger partial charge in [-0.25, -0.2) is 0 Å². The van der Waals surface area contributed by atoms with Crippen LogP contribution >= 0.6 is 0 Å². The smallest absolute Gasteiger partial charge is 0.269 e. The highest BCUT2D eigenvalue weighted by Crippen LogP contribution is 2.28. The number of ether oxygens (including phenoxy) is 2. The maximum atomic E-state index is 13.9. The monoisotopic (exact) mass is 598 g/mol. The van der Waals surface area contributed by atoms with Gasteiger partial charge >= 0.3 is 0 Å². The van der Waals surface area contributed by atoms with Crippen LogP contribution in [0, 0.1) is 16.0 Å². The molecule has 0 aliphatic heterocycles. The molecule has 1 aromatic heterocycles. The van der Waals surface area contributed by atoms with E-state index in [1.54, 1.807) is 42.2 Å². The number of nitro groups is 1. The third kappa shape index (κ3) is 8.25. The Morgan fingerprint density at radius 2 is 1.70 bits per heavy atom. The summed E-state index contributed by atoms with van der Waals surface area (Å²) in [5, 5.41) is 12.1. The van der Waals surface area contributed by atoms with E-state index in [2.05, 4.69) is 11.1 Å². The van der Waals surface area contributed by atoms with Crippen molar-refractivity contribution in [1.82, 2.24) is 14.8 Å². The van der Waals surface area contributed by atoms with Gasteiger partial charge in [0.15, 0.2) is 11.5 Å². The Balaban J connectivity index is 1.55. The minimum absolute atomic E-state index is 0.0253. The van der Waals surface area contributed by atoms with E-state index < -0.39 is 4.92 Å². The van der Waals surface area contributed by atoms with Crippen LogP contribution < -0.4 is 9.47 Å². The fraction of sp³-hybridized carbons (Fsp3) is 0.294. The van der Waals surface area contributed by atoms with E-state index in [0.717, 1.165) is 22.0 Å². The number of amides is 2. The molecule has 10 heteroatoms. The summed E-state index contributed by atoms with van der Waals surface area (Å²) in [7, 11) is 3.14. The molecule has 4 aromatic rings. The third-order valence-electron chi connectivity index (χ3n) is 7.25. The molecule has 0 atom stereocenters. The van der Waals surface area contributed by atoms with Gasteiger partial charge in [0.25, 0.3) is 5.69 Å². The molecule has 1 heterocycles. The number of fused-ring (bicyclic) bond motifs is 1. The van der Waals surface area contributed by atoms with Crippen LogP contribution in [0.2, 0.25) is 0 Å². The molecule has 44 heavy (non-hydrogen) atoms. The molecule has 230 valence electrons. The summed E-state index contributed by atoms with van der Waals surface area (Å²) in [6.45, 7) is 5.04. The highest BCUT2D eigenvalue weighted by Gasteiger charge is 2.22. The molecule has 3 aromatic carbocycles. The normalized spacial score (nSPS) is 11.2.